The molecule has 2 heterocycles. The fraction of sp³-hybridized carbons (Fsp3) is 0.100. The Morgan fingerprint density at radius 2 is 2.07 bits per heavy atom. The number of hydrogen-bond donors (Lipinski definition) is 0. The lowest BCUT2D eigenvalue weighted by Crippen LogP contribution is -2.29. The Bertz CT molecular complexity index is 371. The summed E-state index contributed by atoms with van der Waals surface area (Å²) >= 11 is 0. The fourth-order valence-corrected chi connectivity index (χ4v) is 1.37. The third-order valence-electron chi connectivity index (χ3n) is 2.05. The largest absolute Gasteiger partial charge is 0.254 e. The second-order valence-electron chi connectivity index (χ2n) is 3.03. The molecule has 1 aliphatic heterocycles. The number of aromatic nitrogens is 1. The van der Waals surface area contributed by atoms with Gasteiger partial charge in [0, 0.05) is 15.2 Å². The Balaban J connectivity index is 2.36. The van der Waals surface area contributed by atoms with Gasteiger partial charge in [0.15, 0.2) is 6.20 Å². The van der Waals surface area contributed by atoms with E-state index >= 15 is 0 Å². The number of allylic oxidation sites excluding steroid dienone is 2. The first-order chi connectivity index (χ1) is 6.70. The quantitative estimate of drug-likeness (QED) is 0.628. The first kappa shape index (κ1) is 9.02. The normalized spacial score (nSPS) is 23.7. The third kappa shape index (κ3) is 1.56. The van der Waals surface area contributed by atoms with Crippen LogP contribution in [-0.2, 0) is 0 Å². The van der Waals surface area contributed by atoms with Crippen molar-refractivity contribution in [3.8, 4) is 0 Å². The van der Waals surface area contributed by atoms with Crippen LogP contribution in [0, 0.1) is 0 Å². The summed E-state index contributed by atoms with van der Waals surface area (Å²) in [5, 5.41) is 0. The van der Waals surface area contributed by atoms with Gasteiger partial charge in [0.05, 0.1) is 4.93 Å². The van der Waals surface area contributed by atoms with E-state index in [9.17, 15) is 8.96 Å². The first-order valence-corrected chi connectivity index (χ1v) is 4.25. The molecule has 1 aliphatic rings. The van der Waals surface area contributed by atoms with Crippen molar-refractivity contribution in [2.75, 3.05) is 0 Å². The van der Waals surface area contributed by atoms with Gasteiger partial charge in [-0.25, -0.2) is 0 Å². The molecule has 0 saturated heterocycles. The smallest absolute Gasteiger partial charge is 0.231 e. The minimum Gasteiger partial charge on any atom is -0.254 e. The Hall–Kier alpha value is -1.55. The monoisotopic (exact) mass is 195 g/mol. The molecule has 0 spiro atoms. The highest BCUT2D eigenvalue weighted by Gasteiger charge is 2.40. The molecule has 0 saturated carbocycles. The van der Waals surface area contributed by atoms with Crippen LogP contribution in [0.2, 0.25) is 0 Å². The van der Waals surface area contributed by atoms with Crippen molar-refractivity contribution in [2.24, 2.45) is 0 Å². The van der Waals surface area contributed by atoms with Gasteiger partial charge in [-0.3, -0.25) is 4.98 Å². The molecule has 1 aromatic rings. The number of nitrogens with zero attached hydrogens (tertiary/aromatic N) is 2. The van der Waals surface area contributed by atoms with Crippen molar-refractivity contribution in [2.45, 2.75) is 6.04 Å². The van der Waals surface area contributed by atoms with E-state index in [4.69, 9.17) is 0 Å². The number of halogens is 2. The highest BCUT2D eigenvalue weighted by molar-refractivity contribution is 5.17. The molecular formula is C10H9F2N2+. The molecule has 1 aromatic heterocycles. The van der Waals surface area contributed by atoms with Crippen molar-refractivity contribution < 1.29 is 13.9 Å². The Morgan fingerprint density at radius 1 is 1.21 bits per heavy atom. The lowest BCUT2D eigenvalue weighted by Gasteiger charge is -2.18. The topological polar surface area (TPSA) is 12.9 Å². The molecule has 0 aromatic carbocycles. The van der Waals surface area contributed by atoms with Crippen LogP contribution < -0.4 is 0 Å². The van der Waals surface area contributed by atoms with Crippen molar-refractivity contribution in [1.82, 2.24) is 4.98 Å². The fourth-order valence-electron chi connectivity index (χ4n) is 1.37. The van der Waals surface area contributed by atoms with Crippen LogP contribution >= 0.6 is 0 Å². The molecule has 0 amide bonds. The summed E-state index contributed by atoms with van der Waals surface area (Å²) in [6.07, 6.45) is 6.75. The average Bonchev–Trinajstić information content (AvgIpc) is 2.18. The van der Waals surface area contributed by atoms with Gasteiger partial charge in [-0.05, 0) is 24.3 Å². The van der Waals surface area contributed by atoms with Gasteiger partial charge in [0.1, 0.15) is 5.69 Å². The molecule has 0 aliphatic carbocycles. The minimum absolute atomic E-state index is 0.373. The Morgan fingerprint density at radius 3 is 2.71 bits per heavy atom. The van der Waals surface area contributed by atoms with Gasteiger partial charge in [-0.2, -0.15) is 0 Å². The van der Waals surface area contributed by atoms with E-state index in [-0.39, 0.29) is 0 Å². The number of quaternary nitrogens is 1. The van der Waals surface area contributed by atoms with Crippen LogP contribution in [0.4, 0.5) is 8.96 Å². The van der Waals surface area contributed by atoms with Gasteiger partial charge in [0.2, 0.25) is 6.04 Å². The maximum atomic E-state index is 13.3. The second kappa shape index (κ2) is 3.31. The molecule has 1 atom stereocenters. The maximum absolute atomic E-state index is 13.3. The molecule has 2 rings (SSSR count). The second-order valence-corrected chi connectivity index (χ2v) is 3.03. The van der Waals surface area contributed by atoms with Crippen LogP contribution in [0.5, 0.6) is 0 Å². The molecule has 0 N–H and O–H groups in total. The van der Waals surface area contributed by atoms with E-state index in [0.717, 1.165) is 6.20 Å². The standard InChI is InChI=1S/C10H9F2N2/c11-14(12)8-4-2-6-10(14)9-5-1-3-7-13-9/h1-8,10H/q+1. The van der Waals surface area contributed by atoms with Crippen LogP contribution in [0.1, 0.15) is 11.7 Å². The Kier molecular flexibility index (Phi) is 2.13. The molecular weight excluding hydrogens is 186 g/mol. The molecule has 0 bridgehead atoms. The van der Waals surface area contributed by atoms with Crippen molar-refractivity contribution in [1.29, 1.82) is 0 Å². The highest BCUT2D eigenvalue weighted by Crippen LogP contribution is 2.33. The zero-order chi connectivity index (χ0) is 10.0. The molecule has 1 unspecified atom stereocenters. The van der Waals surface area contributed by atoms with E-state index < -0.39 is 11.0 Å². The van der Waals surface area contributed by atoms with Gasteiger partial charge in [-0.1, -0.05) is 12.1 Å². The lowest BCUT2D eigenvalue weighted by molar-refractivity contribution is -1.15. The number of hydrogen-bond acceptors (Lipinski definition) is 1. The first-order valence-electron chi connectivity index (χ1n) is 4.25. The maximum Gasteiger partial charge on any atom is 0.231 e. The van der Waals surface area contributed by atoms with E-state index in [1.54, 1.807) is 24.3 Å². The third-order valence-corrected chi connectivity index (χ3v) is 2.05. The SMILES string of the molecule is F[N+]1(F)C=CC=CC1c1ccccn1. The van der Waals surface area contributed by atoms with Crippen LogP contribution in [0.25, 0.3) is 0 Å². The summed E-state index contributed by atoms with van der Waals surface area (Å²) < 4.78 is 26.6. The molecule has 14 heavy (non-hydrogen) atoms. The van der Waals surface area contributed by atoms with E-state index in [2.05, 4.69) is 4.98 Å². The van der Waals surface area contributed by atoms with Crippen molar-refractivity contribution in [3.63, 3.8) is 0 Å². The summed E-state index contributed by atoms with van der Waals surface area (Å²) in [4.78, 5) is 1.74. The van der Waals surface area contributed by atoms with Crippen molar-refractivity contribution in [3.05, 3.63) is 54.5 Å². The highest BCUT2D eigenvalue weighted by atomic mass is 19.4. The molecule has 0 radical (unpaired) electrons. The van der Waals surface area contributed by atoms with Crippen molar-refractivity contribution >= 4 is 0 Å². The van der Waals surface area contributed by atoms with Gasteiger partial charge in [0.25, 0.3) is 0 Å². The lowest BCUT2D eigenvalue weighted by atomic mass is 10.1. The van der Waals surface area contributed by atoms with E-state index in [0.29, 0.717) is 5.69 Å². The van der Waals surface area contributed by atoms with E-state index in [1.165, 1.54) is 18.3 Å². The number of rotatable bonds is 1. The zero-order valence-electron chi connectivity index (χ0n) is 7.35. The van der Waals surface area contributed by atoms with Crippen LogP contribution in [-0.4, -0.2) is 9.91 Å². The summed E-state index contributed by atoms with van der Waals surface area (Å²) in [7, 11) is 0. The molecule has 72 valence electrons. The molecule has 4 heteroatoms. The predicted molar refractivity (Wildman–Crippen MR) is 47.7 cm³/mol. The minimum atomic E-state index is -2.17. The Labute approximate surface area is 80.3 Å². The van der Waals surface area contributed by atoms with Gasteiger partial charge in [-0.15, -0.1) is 0 Å². The summed E-state index contributed by atoms with van der Waals surface area (Å²) in [5.41, 5.74) is 0.373. The van der Waals surface area contributed by atoms with E-state index in [1.807, 2.05) is 0 Å². The zero-order valence-corrected chi connectivity index (χ0v) is 7.35. The summed E-state index contributed by atoms with van der Waals surface area (Å²) in [6.45, 7) is 0. The van der Waals surface area contributed by atoms with Crippen LogP contribution in [0.3, 0.4) is 0 Å². The average molecular weight is 195 g/mol. The van der Waals surface area contributed by atoms with Gasteiger partial charge >= 0.3 is 0 Å². The van der Waals surface area contributed by atoms with Crippen LogP contribution in [0.15, 0.2) is 48.8 Å². The molecule has 2 nitrogen and oxygen atoms in total. The molecule has 0 fully saturated rings. The van der Waals surface area contributed by atoms with Gasteiger partial charge < -0.3 is 0 Å². The predicted octanol–water partition coefficient (Wildman–Crippen LogP) is 2.79. The number of pyridine rings is 1. The summed E-state index contributed by atoms with van der Waals surface area (Å²) in [5.74, 6) is 0. The summed E-state index contributed by atoms with van der Waals surface area (Å²) in [6, 6.07) is 4.01.